The van der Waals surface area contributed by atoms with Crippen LogP contribution < -0.4 is 9.64 Å². The maximum absolute atomic E-state index is 15.1. The summed E-state index contributed by atoms with van der Waals surface area (Å²) >= 11 is 6.86. The molecule has 3 aliphatic heterocycles. The number of fused-ring (bicyclic) bond motifs is 2. The zero-order valence-electron chi connectivity index (χ0n) is 25.2. The van der Waals surface area contributed by atoms with Gasteiger partial charge in [0.2, 0.25) is 0 Å². The zero-order chi connectivity index (χ0) is 31.1. The minimum absolute atomic E-state index is 0.0110. The predicted molar refractivity (Wildman–Crippen MR) is 160 cm³/mol. The monoisotopic (exact) mass is 619 g/mol. The summed E-state index contributed by atoms with van der Waals surface area (Å²) in [5.41, 5.74) is -0.650. The quantitative estimate of drug-likeness (QED) is 0.534. The number of aromatic hydroxyl groups is 1. The van der Waals surface area contributed by atoms with Crippen LogP contribution in [0.15, 0.2) is 18.2 Å². The lowest BCUT2D eigenvalue weighted by atomic mass is 10.0. The van der Waals surface area contributed by atoms with E-state index in [-0.39, 0.29) is 65.0 Å². The second kappa shape index (κ2) is 12.3. The first-order chi connectivity index (χ1) is 20.4. The van der Waals surface area contributed by atoms with Gasteiger partial charge in [-0.1, -0.05) is 17.7 Å². The minimum atomic E-state index is -0.705. The summed E-state index contributed by atoms with van der Waals surface area (Å²) in [4.78, 5) is 39.5. The van der Waals surface area contributed by atoms with E-state index >= 15 is 4.39 Å². The number of anilines is 1. The number of methoxy groups -OCH3 is 1. The van der Waals surface area contributed by atoms with E-state index in [4.69, 9.17) is 30.8 Å². The van der Waals surface area contributed by atoms with Gasteiger partial charge in [-0.05, 0) is 39.8 Å². The van der Waals surface area contributed by atoms with Crippen molar-refractivity contribution in [3.63, 3.8) is 0 Å². The normalized spacial score (nSPS) is 21.2. The number of halogens is 2. The average molecular weight is 620 g/mol. The Hall–Kier alpha value is -3.35. The Morgan fingerprint density at radius 1 is 1.16 bits per heavy atom. The third-order valence-electron chi connectivity index (χ3n) is 7.93. The molecule has 1 aromatic carbocycles. The molecule has 0 unspecified atom stereocenters. The molecule has 0 aliphatic carbocycles. The van der Waals surface area contributed by atoms with Gasteiger partial charge in [0.05, 0.1) is 18.2 Å². The van der Waals surface area contributed by atoms with E-state index in [0.717, 1.165) is 6.54 Å². The molecule has 13 heteroatoms. The number of ether oxygens (including phenoxy) is 3. The topological polar surface area (TPSA) is 108 Å². The fourth-order valence-corrected chi connectivity index (χ4v) is 6.12. The van der Waals surface area contributed by atoms with E-state index in [0.29, 0.717) is 38.6 Å². The van der Waals surface area contributed by atoms with Gasteiger partial charge in [-0.15, -0.1) is 0 Å². The predicted octanol–water partition coefficient (Wildman–Crippen LogP) is 3.86. The van der Waals surface area contributed by atoms with Crippen LogP contribution in [0.5, 0.6) is 11.5 Å². The van der Waals surface area contributed by atoms with Crippen molar-refractivity contribution in [1.82, 2.24) is 19.7 Å². The van der Waals surface area contributed by atoms with E-state index in [2.05, 4.69) is 4.90 Å². The van der Waals surface area contributed by atoms with Crippen molar-refractivity contribution in [1.29, 1.82) is 0 Å². The van der Waals surface area contributed by atoms with Gasteiger partial charge < -0.3 is 34.0 Å². The van der Waals surface area contributed by atoms with Crippen molar-refractivity contribution < 1.29 is 33.3 Å². The van der Waals surface area contributed by atoms with Crippen molar-refractivity contribution in [2.24, 2.45) is 0 Å². The van der Waals surface area contributed by atoms with Crippen LogP contribution in [-0.2, 0) is 9.47 Å². The molecular weight excluding hydrogens is 581 g/mol. The highest BCUT2D eigenvalue weighted by Gasteiger charge is 2.42. The van der Waals surface area contributed by atoms with Crippen LogP contribution in [0.1, 0.15) is 38.1 Å². The molecule has 1 aromatic heterocycles. The van der Waals surface area contributed by atoms with E-state index in [9.17, 15) is 14.7 Å². The Morgan fingerprint density at radius 2 is 1.91 bits per heavy atom. The van der Waals surface area contributed by atoms with E-state index in [1.165, 1.54) is 18.2 Å². The second-order valence-corrected chi connectivity index (χ2v) is 12.5. The molecule has 0 bridgehead atoms. The zero-order valence-corrected chi connectivity index (χ0v) is 26.0. The highest BCUT2D eigenvalue weighted by atomic mass is 35.5. The van der Waals surface area contributed by atoms with Gasteiger partial charge >= 0.3 is 6.09 Å². The number of carbonyl (C=O) groups is 2. The highest BCUT2D eigenvalue weighted by Crippen LogP contribution is 2.46. The number of benzene rings is 1. The van der Waals surface area contributed by atoms with Crippen LogP contribution in [0.2, 0.25) is 5.02 Å². The van der Waals surface area contributed by atoms with Crippen LogP contribution in [0.25, 0.3) is 11.3 Å². The number of pyridine rings is 1. The van der Waals surface area contributed by atoms with Crippen molar-refractivity contribution in [2.45, 2.75) is 45.4 Å². The van der Waals surface area contributed by atoms with Crippen molar-refractivity contribution in [3.8, 4) is 22.8 Å². The average Bonchev–Trinajstić information content (AvgIpc) is 3.09. The lowest BCUT2D eigenvalue weighted by Gasteiger charge is -2.42. The first-order valence-corrected chi connectivity index (χ1v) is 14.9. The molecule has 5 rings (SSSR count). The molecule has 1 N–H and O–H groups in total. The number of hydrogen-bond donors (Lipinski definition) is 1. The summed E-state index contributed by atoms with van der Waals surface area (Å²) in [5.74, 6) is -0.965. The van der Waals surface area contributed by atoms with Gasteiger partial charge in [0.1, 0.15) is 45.9 Å². The van der Waals surface area contributed by atoms with Gasteiger partial charge in [0.25, 0.3) is 5.91 Å². The number of phenolic OH excluding ortho intramolecular Hbond substituents is 1. The van der Waals surface area contributed by atoms with E-state index in [1.807, 2.05) is 11.8 Å². The van der Waals surface area contributed by atoms with Gasteiger partial charge in [-0.25, -0.2) is 14.2 Å². The summed E-state index contributed by atoms with van der Waals surface area (Å²) in [5, 5.41) is 10.6. The van der Waals surface area contributed by atoms with E-state index in [1.54, 1.807) is 37.7 Å². The molecular formula is C30H39ClFN5O6. The summed E-state index contributed by atoms with van der Waals surface area (Å²) in [6, 6.07) is 3.42. The Kier molecular flexibility index (Phi) is 8.92. The number of piperazine rings is 2. The minimum Gasteiger partial charge on any atom is -0.507 e. The number of carbonyl (C=O) groups excluding carboxylic acids is 2. The van der Waals surface area contributed by atoms with Gasteiger partial charge in [-0.2, -0.15) is 0 Å². The van der Waals surface area contributed by atoms with Gasteiger partial charge in [0.15, 0.2) is 5.75 Å². The van der Waals surface area contributed by atoms with Crippen LogP contribution in [0, 0.1) is 5.82 Å². The lowest BCUT2D eigenvalue weighted by Crippen LogP contribution is -2.58. The largest absolute Gasteiger partial charge is 0.507 e. The number of phenols is 1. The molecule has 43 heavy (non-hydrogen) atoms. The summed E-state index contributed by atoms with van der Waals surface area (Å²) in [6.45, 7) is 11.5. The van der Waals surface area contributed by atoms with Gasteiger partial charge in [-0.3, -0.25) is 9.69 Å². The first kappa shape index (κ1) is 31.1. The third-order valence-corrected chi connectivity index (χ3v) is 8.28. The van der Waals surface area contributed by atoms with Crippen LogP contribution in [0.4, 0.5) is 15.0 Å². The molecule has 4 heterocycles. The fraction of sp³-hybridized carbons (Fsp3) is 0.567. The molecule has 0 radical (unpaired) electrons. The van der Waals surface area contributed by atoms with Crippen molar-refractivity contribution >= 4 is 29.4 Å². The fourth-order valence-electron chi connectivity index (χ4n) is 5.83. The number of aromatic nitrogens is 1. The van der Waals surface area contributed by atoms with Gasteiger partial charge in [0, 0.05) is 59.0 Å². The van der Waals surface area contributed by atoms with Crippen LogP contribution >= 0.6 is 11.6 Å². The maximum Gasteiger partial charge on any atom is 0.410 e. The maximum atomic E-state index is 15.1. The standard InChI is InChI=1S/C30H39ClFN5O6/c1-18-15-34(13-14-41-5)9-11-36(18)27-23-26(24(31)25(33-27)22-20(32)7-6-8-21(22)38)42-17-19-16-35(10-12-37(19)28(23)39)29(40)43-30(2,3)4/h6-8,18-19,38H,9-17H2,1-5H3/t18-,19+/m0/s1. The number of amides is 2. The van der Waals surface area contributed by atoms with Crippen LogP contribution in [0.3, 0.4) is 0 Å². The number of nitrogens with zero attached hydrogens (tertiary/aromatic N) is 5. The van der Waals surface area contributed by atoms with Crippen molar-refractivity contribution in [3.05, 3.63) is 34.6 Å². The molecule has 2 fully saturated rings. The Bertz CT molecular complexity index is 1370. The first-order valence-electron chi connectivity index (χ1n) is 14.5. The SMILES string of the molecule is COCCN1CCN(c2nc(-c3c(O)cccc3F)c(Cl)c3c2C(=O)N2CCN(C(=O)OC(C)(C)C)C[C@@H]2CO3)[C@@H](C)C1. The molecule has 2 atom stereocenters. The number of hydrogen-bond acceptors (Lipinski definition) is 9. The third kappa shape index (κ3) is 6.32. The summed E-state index contributed by atoms with van der Waals surface area (Å²) in [7, 11) is 1.67. The molecule has 2 amide bonds. The molecule has 3 aliphatic rings. The molecule has 234 valence electrons. The smallest absolute Gasteiger partial charge is 0.410 e. The van der Waals surface area contributed by atoms with Crippen molar-refractivity contribution in [2.75, 3.05) is 71.0 Å². The molecule has 2 saturated heterocycles. The van der Waals surface area contributed by atoms with Crippen LogP contribution in [-0.4, -0.2) is 121 Å². The van der Waals surface area contributed by atoms with E-state index < -0.39 is 23.6 Å². The molecule has 11 nitrogen and oxygen atoms in total. The molecule has 0 spiro atoms. The number of rotatable bonds is 5. The Balaban J connectivity index is 1.56. The summed E-state index contributed by atoms with van der Waals surface area (Å²) in [6.07, 6.45) is -0.459. The highest BCUT2D eigenvalue weighted by molar-refractivity contribution is 6.35. The molecule has 2 aromatic rings. The Morgan fingerprint density at radius 3 is 2.58 bits per heavy atom. The second-order valence-electron chi connectivity index (χ2n) is 12.2. The Labute approximate surface area is 256 Å². The molecule has 0 saturated carbocycles. The summed E-state index contributed by atoms with van der Waals surface area (Å²) < 4.78 is 32.2. The lowest BCUT2D eigenvalue weighted by molar-refractivity contribution is 0.000951.